The zero-order chi connectivity index (χ0) is 12.3. The molecule has 5 heteroatoms. The van der Waals surface area contributed by atoms with E-state index in [0.717, 1.165) is 51.7 Å². The zero-order valence-corrected chi connectivity index (χ0v) is 11.3. The van der Waals surface area contributed by atoms with Crippen molar-refractivity contribution in [1.82, 2.24) is 5.32 Å². The Labute approximate surface area is 104 Å². The molecule has 0 aromatic rings. The van der Waals surface area contributed by atoms with E-state index in [0.29, 0.717) is 6.04 Å². The Morgan fingerprint density at radius 2 is 1.71 bits per heavy atom. The standard InChI is InChI=1S/C12H23NO3S/c1-17(14,15)12-5-3-2-4-11(12)13-10-6-8-16-9-7-10/h10-13H,2-9H2,1H3/t11-,12-/m0/s1. The van der Waals surface area contributed by atoms with Gasteiger partial charge in [-0.25, -0.2) is 8.42 Å². The highest BCUT2D eigenvalue weighted by Gasteiger charge is 2.33. The number of hydrogen-bond donors (Lipinski definition) is 1. The van der Waals surface area contributed by atoms with Crippen LogP contribution in [0.4, 0.5) is 0 Å². The second kappa shape index (κ2) is 5.67. The molecule has 17 heavy (non-hydrogen) atoms. The average molecular weight is 261 g/mol. The van der Waals surface area contributed by atoms with Crippen LogP contribution in [0.2, 0.25) is 0 Å². The zero-order valence-electron chi connectivity index (χ0n) is 10.5. The van der Waals surface area contributed by atoms with Crippen molar-refractivity contribution in [3.8, 4) is 0 Å². The number of hydrogen-bond acceptors (Lipinski definition) is 4. The van der Waals surface area contributed by atoms with E-state index in [9.17, 15) is 8.42 Å². The molecule has 4 nitrogen and oxygen atoms in total. The van der Waals surface area contributed by atoms with E-state index in [2.05, 4.69) is 5.32 Å². The largest absolute Gasteiger partial charge is 0.381 e. The molecule has 0 radical (unpaired) electrons. The summed E-state index contributed by atoms with van der Waals surface area (Å²) in [7, 11) is -2.92. The molecule has 100 valence electrons. The van der Waals surface area contributed by atoms with Crippen LogP contribution >= 0.6 is 0 Å². The van der Waals surface area contributed by atoms with Gasteiger partial charge in [0, 0.05) is 31.6 Å². The highest BCUT2D eigenvalue weighted by Crippen LogP contribution is 2.25. The van der Waals surface area contributed by atoms with Gasteiger partial charge in [-0.3, -0.25) is 0 Å². The lowest BCUT2D eigenvalue weighted by atomic mass is 9.93. The Hall–Kier alpha value is -0.130. The van der Waals surface area contributed by atoms with Crippen molar-refractivity contribution in [3.05, 3.63) is 0 Å². The lowest BCUT2D eigenvalue weighted by Crippen LogP contribution is -2.51. The van der Waals surface area contributed by atoms with Crippen LogP contribution in [-0.4, -0.2) is 45.2 Å². The summed E-state index contributed by atoms with van der Waals surface area (Å²) in [4.78, 5) is 0. The highest BCUT2D eigenvalue weighted by molar-refractivity contribution is 7.91. The Morgan fingerprint density at radius 1 is 1.06 bits per heavy atom. The maximum Gasteiger partial charge on any atom is 0.151 e. The van der Waals surface area contributed by atoms with Crippen molar-refractivity contribution < 1.29 is 13.2 Å². The first-order valence-electron chi connectivity index (χ1n) is 6.60. The van der Waals surface area contributed by atoms with Crippen LogP contribution in [0, 0.1) is 0 Å². The fourth-order valence-corrected chi connectivity index (χ4v) is 4.37. The van der Waals surface area contributed by atoms with Crippen molar-refractivity contribution in [1.29, 1.82) is 0 Å². The van der Waals surface area contributed by atoms with E-state index < -0.39 is 9.84 Å². The average Bonchev–Trinajstić information content (AvgIpc) is 2.30. The van der Waals surface area contributed by atoms with Crippen LogP contribution in [-0.2, 0) is 14.6 Å². The van der Waals surface area contributed by atoms with Crippen LogP contribution in [0.5, 0.6) is 0 Å². The number of ether oxygens (including phenoxy) is 1. The molecular formula is C12H23NO3S. The van der Waals surface area contributed by atoms with E-state index in [1.807, 2.05) is 0 Å². The second-order valence-electron chi connectivity index (χ2n) is 5.31. The summed E-state index contributed by atoms with van der Waals surface area (Å²) in [6.07, 6.45) is 7.40. The van der Waals surface area contributed by atoms with Crippen molar-refractivity contribution in [2.24, 2.45) is 0 Å². The molecule has 0 unspecified atom stereocenters. The summed E-state index contributed by atoms with van der Waals surface area (Å²) in [6.45, 7) is 1.60. The Kier molecular flexibility index (Phi) is 4.44. The van der Waals surface area contributed by atoms with Crippen molar-refractivity contribution >= 4 is 9.84 Å². The Morgan fingerprint density at radius 3 is 2.35 bits per heavy atom. The van der Waals surface area contributed by atoms with Gasteiger partial charge < -0.3 is 10.1 Å². The molecule has 2 fully saturated rings. The smallest absolute Gasteiger partial charge is 0.151 e. The van der Waals surface area contributed by atoms with Gasteiger partial charge in [0.05, 0.1) is 5.25 Å². The van der Waals surface area contributed by atoms with Gasteiger partial charge in [0.25, 0.3) is 0 Å². The minimum Gasteiger partial charge on any atom is -0.381 e. The van der Waals surface area contributed by atoms with Crippen LogP contribution in [0.15, 0.2) is 0 Å². The van der Waals surface area contributed by atoms with Gasteiger partial charge in [-0.15, -0.1) is 0 Å². The van der Waals surface area contributed by atoms with Crippen LogP contribution in [0.25, 0.3) is 0 Å². The minimum absolute atomic E-state index is 0.154. The van der Waals surface area contributed by atoms with Crippen molar-refractivity contribution in [2.45, 2.75) is 55.9 Å². The molecule has 2 aliphatic rings. The van der Waals surface area contributed by atoms with Gasteiger partial charge in [0.15, 0.2) is 9.84 Å². The minimum atomic E-state index is -2.92. The Balaban J connectivity index is 1.96. The lowest BCUT2D eigenvalue weighted by molar-refractivity contribution is 0.0734. The van der Waals surface area contributed by atoms with E-state index >= 15 is 0 Å². The predicted octanol–water partition coefficient (Wildman–Crippen LogP) is 1.11. The number of nitrogens with one attached hydrogen (secondary N) is 1. The van der Waals surface area contributed by atoms with E-state index in [4.69, 9.17) is 4.74 Å². The fourth-order valence-electron chi connectivity index (χ4n) is 2.97. The van der Waals surface area contributed by atoms with Gasteiger partial charge in [0.2, 0.25) is 0 Å². The molecule has 1 saturated carbocycles. The molecule has 2 atom stereocenters. The van der Waals surface area contributed by atoms with Gasteiger partial charge in [-0.05, 0) is 25.7 Å². The lowest BCUT2D eigenvalue weighted by Gasteiger charge is -2.35. The quantitative estimate of drug-likeness (QED) is 0.827. The second-order valence-corrected chi connectivity index (χ2v) is 7.58. The first-order chi connectivity index (χ1) is 8.07. The van der Waals surface area contributed by atoms with E-state index in [1.54, 1.807) is 0 Å². The predicted molar refractivity (Wildman–Crippen MR) is 67.9 cm³/mol. The maximum atomic E-state index is 11.8. The van der Waals surface area contributed by atoms with E-state index in [1.165, 1.54) is 6.26 Å². The van der Waals surface area contributed by atoms with Crippen molar-refractivity contribution in [3.63, 3.8) is 0 Å². The van der Waals surface area contributed by atoms with Crippen LogP contribution in [0.3, 0.4) is 0 Å². The summed E-state index contributed by atoms with van der Waals surface area (Å²) >= 11 is 0. The number of sulfone groups is 1. The van der Waals surface area contributed by atoms with Crippen LogP contribution < -0.4 is 5.32 Å². The van der Waals surface area contributed by atoms with Crippen LogP contribution in [0.1, 0.15) is 38.5 Å². The molecule has 0 aromatic heterocycles. The van der Waals surface area contributed by atoms with Gasteiger partial charge in [-0.1, -0.05) is 12.8 Å². The number of rotatable bonds is 3. The molecule has 1 saturated heterocycles. The third-order valence-electron chi connectivity index (χ3n) is 3.92. The molecule has 0 spiro atoms. The fraction of sp³-hybridized carbons (Fsp3) is 1.00. The normalized spacial score (nSPS) is 32.5. The molecule has 0 amide bonds. The summed E-state index contributed by atoms with van der Waals surface area (Å²) in [6, 6.07) is 0.595. The van der Waals surface area contributed by atoms with Gasteiger partial charge in [-0.2, -0.15) is 0 Å². The molecule has 0 bridgehead atoms. The molecular weight excluding hydrogens is 238 g/mol. The third-order valence-corrected chi connectivity index (χ3v) is 5.59. The first kappa shape index (κ1) is 13.3. The Bertz CT molecular complexity index is 336. The molecule has 0 aromatic carbocycles. The summed E-state index contributed by atoms with van der Waals surface area (Å²) in [5, 5.41) is 3.37. The molecule has 1 aliphatic heterocycles. The summed E-state index contributed by atoms with van der Waals surface area (Å²) in [5.74, 6) is 0. The van der Waals surface area contributed by atoms with E-state index in [-0.39, 0.29) is 11.3 Å². The first-order valence-corrected chi connectivity index (χ1v) is 8.55. The van der Waals surface area contributed by atoms with Crippen molar-refractivity contribution in [2.75, 3.05) is 19.5 Å². The summed E-state index contributed by atoms with van der Waals surface area (Å²) < 4.78 is 28.9. The van der Waals surface area contributed by atoms with Gasteiger partial charge >= 0.3 is 0 Å². The molecule has 1 N–H and O–H groups in total. The summed E-state index contributed by atoms with van der Waals surface area (Å²) in [5.41, 5.74) is 0. The maximum absolute atomic E-state index is 11.8. The molecule has 1 heterocycles. The van der Waals surface area contributed by atoms with Gasteiger partial charge in [0.1, 0.15) is 0 Å². The SMILES string of the molecule is CS(=O)(=O)[C@H]1CCCC[C@@H]1NC1CCOCC1. The molecule has 1 aliphatic carbocycles. The highest BCUT2D eigenvalue weighted by atomic mass is 32.2. The monoisotopic (exact) mass is 261 g/mol. The molecule has 2 rings (SSSR count). The topological polar surface area (TPSA) is 55.4 Å². The third kappa shape index (κ3) is 3.66.